The number of nitrogens with zero attached hydrogens (tertiary/aromatic N) is 2. The quantitative estimate of drug-likeness (QED) is 0.720. The van der Waals surface area contributed by atoms with Gasteiger partial charge >= 0.3 is 12.1 Å². The highest BCUT2D eigenvalue weighted by molar-refractivity contribution is 5.72. The van der Waals surface area contributed by atoms with Crippen LogP contribution in [0, 0.1) is 0 Å². The minimum atomic E-state index is -1.03. The van der Waals surface area contributed by atoms with Gasteiger partial charge in [-0.05, 0) is 17.7 Å². The third-order valence-corrected chi connectivity index (χ3v) is 3.69. The normalized spacial score (nSPS) is 11.8. The number of hydrogen-bond acceptors (Lipinski definition) is 4. The molecule has 0 spiro atoms. The average molecular weight is 339 g/mol. The van der Waals surface area contributed by atoms with Crippen LogP contribution in [-0.2, 0) is 16.1 Å². The highest BCUT2D eigenvalue weighted by atomic mass is 16.5. The maximum absolute atomic E-state index is 12.1. The Hall–Kier alpha value is -3.35. The molecule has 0 saturated heterocycles. The Morgan fingerprint density at radius 1 is 1.16 bits per heavy atom. The van der Waals surface area contributed by atoms with Gasteiger partial charge in [0, 0.05) is 6.20 Å². The number of nitrogens with one attached hydrogen (secondary N) is 1. The van der Waals surface area contributed by atoms with Crippen LogP contribution in [0.2, 0.25) is 0 Å². The fraction of sp³-hybridized carbons (Fsp3) is 0.167. The molecule has 2 N–H and O–H groups in total. The molecule has 0 aliphatic rings. The molecule has 7 heteroatoms. The van der Waals surface area contributed by atoms with E-state index in [1.165, 1.54) is 0 Å². The summed E-state index contributed by atoms with van der Waals surface area (Å²) in [5.41, 5.74) is 2.10. The van der Waals surface area contributed by atoms with Gasteiger partial charge in [-0.1, -0.05) is 36.4 Å². The first-order valence-corrected chi connectivity index (χ1v) is 7.74. The van der Waals surface area contributed by atoms with Gasteiger partial charge in [-0.3, -0.25) is 4.79 Å². The van der Waals surface area contributed by atoms with Gasteiger partial charge in [0.15, 0.2) is 0 Å². The summed E-state index contributed by atoms with van der Waals surface area (Å²) in [6.45, 7) is 0.111. The summed E-state index contributed by atoms with van der Waals surface area (Å²) in [7, 11) is 0. The third-order valence-electron chi connectivity index (χ3n) is 3.69. The summed E-state index contributed by atoms with van der Waals surface area (Å²) in [5, 5.41) is 11.8. The lowest BCUT2D eigenvalue weighted by Gasteiger charge is -2.16. The average Bonchev–Trinajstić information content (AvgIpc) is 3.04. The molecule has 2 heterocycles. The smallest absolute Gasteiger partial charge is 0.408 e. The van der Waals surface area contributed by atoms with Crippen LogP contribution in [0.5, 0.6) is 0 Å². The van der Waals surface area contributed by atoms with Crippen LogP contribution in [0.15, 0.2) is 60.9 Å². The fourth-order valence-corrected chi connectivity index (χ4v) is 2.52. The second-order valence-electron chi connectivity index (χ2n) is 5.47. The van der Waals surface area contributed by atoms with E-state index in [1.54, 1.807) is 22.9 Å². The molecule has 0 bridgehead atoms. The molecule has 0 aliphatic carbocycles. The number of rotatable bonds is 6. The second kappa shape index (κ2) is 7.48. The molecule has 0 fully saturated rings. The van der Waals surface area contributed by atoms with E-state index in [1.807, 2.05) is 42.5 Å². The zero-order chi connectivity index (χ0) is 17.6. The number of carbonyl (C=O) groups is 2. The minimum absolute atomic E-state index is 0.111. The lowest BCUT2D eigenvalue weighted by molar-refractivity contribution is -0.137. The van der Waals surface area contributed by atoms with E-state index in [4.69, 9.17) is 9.84 Å². The van der Waals surface area contributed by atoms with E-state index in [2.05, 4.69) is 10.3 Å². The number of ether oxygens (including phenoxy) is 1. The van der Waals surface area contributed by atoms with E-state index in [-0.39, 0.29) is 13.0 Å². The van der Waals surface area contributed by atoms with Gasteiger partial charge in [0.1, 0.15) is 12.3 Å². The van der Waals surface area contributed by atoms with Crippen molar-refractivity contribution < 1.29 is 19.4 Å². The Bertz CT molecular complexity index is 876. The first kappa shape index (κ1) is 16.5. The number of fused-ring (bicyclic) bond motifs is 1. The maximum atomic E-state index is 12.1. The van der Waals surface area contributed by atoms with Gasteiger partial charge in [-0.15, -0.1) is 0 Å². The van der Waals surface area contributed by atoms with Crippen LogP contribution in [-0.4, -0.2) is 26.6 Å². The van der Waals surface area contributed by atoms with Crippen molar-refractivity contribution in [2.45, 2.75) is 19.1 Å². The third kappa shape index (κ3) is 4.14. The Morgan fingerprint density at radius 2 is 1.92 bits per heavy atom. The van der Waals surface area contributed by atoms with Crippen LogP contribution < -0.4 is 5.32 Å². The van der Waals surface area contributed by atoms with Gasteiger partial charge < -0.3 is 19.6 Å². The molecular formula is C18H17N3O4. The molecule has 128 valence electrons. The van der Waals surface area contributed by atoms with Gasteiger partial charge in [0.25, 0.3) is 0 Å². The highest BCUT2D eigenvalue weighted by Crippen LogP contribution is 2.19. The van der Waals surface area contributed by atoms with Crippen molar-refractivity contribution in [2.75, 3.05) is 0 Å². The van der Waals surface area contributed by atoms with Gasteiger partial charge in [-0.2, -0.15) is 0 Å². The number of imidazole rings is 1. The maximum Gasteiger partial charge on any atom is 0.408 e. The predicted molar refractivity (Wildman–Crippen MR) is 89.9 cm³/mol. The van der Waals surface area contributed by atoms with Crippen molar-refractivity contribution in [2.24, 2.45) is 0 Å². The van der Waals surface area contributed by atoms with E-state index >= 15 is 0 Å². The summed E-state index contributed by atoms with van der Waals surface area (Å²) in [6, 6.07) is 13.9. The van der Waals surface area contributed by atoms with Gasteiger partial charge in [-0.25, -0.2) is 9.78 Å². The molecule has 1 amide bonds. The number of benzene rings is 1. The molecule has 3 aromatic rings. The Balaban J connectivity index is 1.72. The van der Waals surface area contributed by atoms with E-state index in [0.29, 0.717) is 11.3 Å². The molecule has 0 unspecified atom stereocenters. The topological polar surface area (TPSA) is 92.9 Å². The summed E-state index contributed by atoms with van der Waals surface area (Å²) in [6.07, 6.45) is 2.37. The second-order valence-corrected chi connectivity index (χ2v) is 5.47. The molecule has 0 saturated carbocycles. The van der Waals surface area contributed by atoms with Crippen molar-refractivity contribution in [3.63, 3.8) is 0 Å². The zero-order valence-electron chi connectivity index (χ0n) is 13.3. The van der Waals surface area contributed by atoms with Crippen LogP contribution in [0.1, 0.15) is 23.7 Å². The van der Waals surface area contributed by atoms with Crippen molar-refractivity contribution in [1.29, 1.82) is 0 Å². The lowest BCUT2D eigenvalue weighted by Crippen LogP contribution is -2.31. The Labute approximate surface area is 143 Å². The molecule has 1 atom stereocenters. The van der Waals surface area contributed by atoms with E-state index in [0.717, 1.165) is 5.56 Å². The minimum Gasteiger partial charge on any atom is -0.481 e. The first-order chi connectivity index (χ1) is 12.1. The molecule has 0 radical (unpaired) electrons. The number of alkyl carbamates (subject to hydrolysis) is 1. The summed E-state index contributed by atoms with van der Waals surface area (Å²) >= 11 is 0. The van der Waals surface area contributed by atoms with Crippen LogP contribution in [0.25, 0.3) is 5.65 Å². The Morgan fingerprint density at radius 3 is 2.68 bits per heavy atom. The van der Waals surface area contributed by atoms with Crippen LogP contribution >= 0.6 is 0 Å². The number of aliphatic carboxylic acids is 1. The summed E-state index contributed by atoms with van der Waals surface area (Å²) < 4.78 is 6.92. The molecule has 1 aromatic carbocycles. The van der Waals surface area contributed by atoms with Crippen molar-refractivity contribution in [1.82, 2.24) is 14.7 Å². The van der Waals surface area contributed by atoms with Gasteiger partial charge in [0.05, 0.1) is 24.4 Å². The van der Waals surface area contributed by atoms with Crippen molar-refractivity contribution in [3.05, 3.63) is 72.2 Å². The number of pyridine rings is 1. The fourth-order valence-electron chi connectivity index (χ4n) is 2.52. The molecule has 7 nitrogen and oxygen atoms in total. The highest BCUT2D eigenvalue weighted by Gasteiger charge is 2.22. The monoisotopic (exact) mass is 339 g/mol. The number of carbonyl (C=O) groups excluding carboxylic acids is 1. The largest absolute Gasteiger partial charge is 0.481 e. The standard InChI is InChI=1S/C18H17N3O4/c22-17(23)10-14(15-11-19-16-8-4-5-9-21(15)16)20-18(24)25-12-13-6-2-1-3-7-13/h1-9,11,14H,10,12H2,(H,20,24)(H,22,23)/t14-/m1/s1. The first-order valence-electron chi connectivity index (χ1n) is 7.74. The zero-order valence-corrected chi connectivity index (χ0v) is 13.3. The number of carboxylic acids is 1. The Kier molecular flexibility index (Phi) is 4.94. The van der Waals surface area contributed by atoms with Crippen LogP contribution in [0.4, 0.5) is 4.79 Å². The van der Waals surface area contributed by atoms with Gasteiger partial charge in [0.2, 0.25) is 0 Å². The molecule has 0 aliphatic heterocycles. The molecular weight excluding hydrogens is 322 g/mol. The number of aromatic nitrogens is 2. The molecule has 3 rings (SSSR count). The van der Waals surface area contributed by atoms with Crippen molar-refractivity contribution in [3.8, 4) is 0 Å². The summed E-state index contributed by atoms with van der Waals surface area (Å²) in [4.78, 5) is 27.5. The van der Waals surface area contributed by atoms with E-state index < -0.39 is 18.1 Å². The lowest BCUT2D eigenvalue weighted by atomic mass is 10.1. The number of amides is 1. The summed E-state index contributed by atoms with van der Waals surface area (Å²) in [5.74, 6) is -1.03. The predicted octanol–water partition coefficient (Wildman–Crippen LogP) is 2.78. The van der Waals surface area contributed by atoms with E-state index in [9.17, 15) is 9.59 Å². The number of carboxylic acid groups (broad SMARTS) is 1. The van der Waals surface area contributed by atoms with Crippen LogP contribution in [0.3, 0.4) is 0 Å². The molecule has 2 aromatic heterocycles. The SMILES string of the molecule is O=C(O)C[C@@H](NC(=O)OCc1ccccc1)c1cnc2ccccn12. The van der Waals surface area contributed by atoms with Crippen molar-refractivity contribution >= 4 is 17.7 Å². The number of hydrogen-bond donors (Lipinski definition) is 2. The molecule has 25 heavy (non-hydrogen) atoms.